The van der Waals surface area contributed by atoms with Crippen molar-refractivity contribution in [3.63, 3.8) is 0 Å². The predicted molar refractivity (Wildman–Crippen MR) is 263 cm³/mol. The highest BCUT2D eigenvalue weighted by Crippen LogP contribution is 2.51. The Kier molecular flexibility index (Phi) is 7.39. The van der Waals surface area contributed by atoms with Crippen molar-refractivity contribution in [3.05, 3.63) is 153 Å². The summed E-state index contributed by atoms with van der Waals surface area (Å²) in [7, 11) is 0. The van der Waals surface area contributed by atoms with Crippen molar-refractivity contribution in [1.82, 2.24) is 0 Å². The summed E-state index contributed by atoms with van der Waals surface area (Å²) in [6.45, 7) is 20.9. The second kappa shape index (κ2) is 12.3. The minimum absolute atomic E-state index is 0.0823. The summed E-state index contributed by atoms with van der Waals surface area (Å²) in [4.78, 5) is 61.4. The van der Waals surface area contributed by atoms with Crippen molar-refractivity contribution in [3.8, 4) is 0 Å². The van der Waals surface area contributed by atoms with Gasteiger partial charge in [0.1, 0.15) is 0 Å². The van der Waals surface area contributed by atoms with Crippen LogP contribution in [-0.2, 0) is 10.8 Å². The molecular weight excluding hydrogens is 789 g/mol. The zero-order valence-electron chi connectivity index (χ0n) is 37.8. The number of anilines is 2. The predicted octanol–water partition coefficient (Wildman–Crippen LogP) is 14.1. The molecule has 0 unspecified atom stereocenters. The molecule has 0 saturated heterocycles. The van der Waals surface area contributed by atoms with E-state index in [1.165, 1.54) is 9.80 Å². The van der Waals surface area contributed by atoms with Gasteiger partial charge in [-0.1, -0.05) is 114 Å². The number of amides is 4. The minimum Gasteiger partial charge on any atom is -0.268 e. The van der Waals surface area contributed by atoms with E-state index in [1.807, 2.05) is 52.0 Å². The molecule has 10 aromatic rings. The third-order valence-electron chi connectivity index (χ3n) is 14.5. The van der Waals surface area contributed by atoms with E-state index in [4.69, 9.17) is 0 Å². The van der Waals surface area contributed by atoms with E-state index in [0.29, 0.717) is 44.4 Å². The number of aryl methyl sites for hydroxylation is 4. The third kappa shape index (κ3) is 4.75. The van der Waals surface area contributed by atoms with Crippen LogP contribution in [0.2, 0.25) is 0 Å². The molecule has 0 aliphatic carbocycles. The number of imide groups is 2. The Morgan fingerprint density at radius 1 is 0.312 bits per heavy atom. The van der Waals surface area contributed by atoms with Crippen LogP contribution < -0.4 is 9.80 Å². The zero-order valence-corrected chi connectivity index (χ0v) is 37.8. The summed E-state index contributed by atoms with van der Waals surface area (Å²) in [5.41, 5.74) is 9.09. The second-order valence-corrected chi connectivity index (χ2v) is 20.5. The highest BCUT2D eigenvalue weighted by molar-refractivity contribution is 6.47. The molecule has 0 radical (unpaired) electrons. The van der Waals surface area contributed by atoms with Gasteiger partial charge in [0.05, 0.1) is 11.4 Å². The Balaban J connectivity index is 1.06. The molecule has 10 aromatic carbocycles. The molecule has 0 atom stereocenters. The van der Waals surface area contributed by atoms with Crippen LogP contribution in [0.1, 0.15) is 116 Å². The number of carbonyl (C=O) groups excluding carboxylic acids is 4. The standard InChI is InChI=1S/C58H46N2O4/c1-27-23-31(57(5,6)7)24-28(2)51(27)59-53(61)41-19-15-37-33-11-13-35-39-17-21-43-50-44(56(64)60(55(43)63)52-29(3)25-32(26-30(52)4)58(8,9)10)22-18-40(48(39)50)36-14-12-34(45(33)46(35)36)38-16-20-42(54(59)62)49(41)47(37)38/h11-26H,1-10H3. The number of rotatable bonds is 2. The summed E-state index contributed by atoms with van der Waals surface area (Å²) in [6.07, 6.45) is 0. The third-order valence-corrected chi connectivity index (χ3v) is 14.5. The first-order valence-electron chi connectivity index (χ1n) is 22.2. The minimum atomic E-state index is -0.313. The van der Waals surface area contributed by atoms with Gasteiger partial charge in [0.2, 0.25) is 0 Å². The maximum Gasteiger partial charge on any atom is 0.266 e. The maximum absolute atomic E-state index is 14.6. The SMILES string of the molecule is Cc1cc(C(C)(C)C)cc(C)c1N1C(=O)c2ccc3c4ccc5c6ccc7c8c(ccc(c9ccc(c%10ccc(c2c3%10)C1=O)c4c59)c86)C(=O)N(c1c(C)cc(C(C)(C)C)cc1C)C7=O. The fraction of sp³-hybridized carbons (Fsp3) is 0.207. The Morgan fingerprint density at radius 2 is 0.516 bits per heavy atom. The largest absolute Gasteiger partial charge is 0.268 e. The smallest absolute Gasteiger partial charge is 0.266 e. The van der Waals surface area contributed by atoms with Gasteiger partial charge in [-0.2, -0.15) is 0 Å². The number of fused-ring (bicyclic) bond motifs is 4. The zero-order chi connectivity index (χ0) is 44.8. The molecule has 2 heterocycles. The summed E-state index contributed by atoms with van der Waals surface area (Å²) in [5.74, 6) is -1.25. The monoisotopic (exact) mass is 834 g/mol. The Hall–Kier alpha value is -7.18. The molecule has 4 amide bonds. The second-order valence-electron chi connectivity index (χ2n) is 20.5. The van der Waals surface area contributed by atoms with Crippen LogP contribution in [0, 0.1) is 27.7 Å². The first kappa shape index (κ1) is 38.5. The fourth-order valence-corrected chi connectivity index (χ4v) is 11.6. The van der Waals surface area contributed by atoms with E-state index >= 15 is 0 Å². The van der Waals surface area contributed by atoms with E-state index in [-0.39, 0.29) is 34.5 Å². The molecule has 0 fully saturated rings. The van der Waals surface area contributed by atoms with Gasteiger partial charge < -0.3 is 0 Å². The Labute approximate surface area is 370 Å². The van der Waals surface area contributed by atoms with Crippen LogP contribution in [0.25, 0.3) is 75.4 Å². The normalized spacial score (nSPS) is 14.8. The van der Waals surface area contributed by atoms with Gasteiger partial charge in [-0.05, 0) is 161 Å². The molecule has 0 saturated carbocycles. The number of hydrogen-bond donors (Lipinski definition) is 0. The molecule has 2 aliphatic heterocycles. The van der Waals surface area contributed by atoms with Gasteiger partial charge in [0.25, 0.3) is 23.6 Å². The molecule has 64 heavy (non-hydrogen) atoms. The molecule has 0 N–H and O–H groups in total. The number of carbonyl (C=O) groups is 4. The van der Waals surface area contributed by atoms with E-state index in [0.717, 1.165) is 98.0 Å². The number of hydrogen-bond acceptors (Lipinski definition) is 4. The molecule has 6 heteroatoms. The molecule has 0 spiro atoms. The van der Waals surface area contributed by atoms with E-state index in [1.54, 1.807) is 0 Å². The van der Waals surface area contributed by atoms with Crippen LogP contribution in [0.3, 0.4) is 0 Å². The average molecular weight is 835 g/mol. The lowest BCUT2D eigenvalue weighted by molar-refractivity contribution is 0.0877. The lowest BCUT2D eigenvalue weighted by Gasteiger charge is -2.32. The van der Waals surface area contributed by atoms with Gasteiger partial charge in [-0.3, -0.25) is 19.2 Å². The fourth-order valence-electron chi connectivity index (χ4n) is 11.6. The molecule has 2 aliphatic rings. The first-order chi connectivity index (χ1) is 30.4. The highest BCUT2D eigenvalue weighted by Gasteiger charge is 2.39. The van der Waals surface area contributed by atoms with Crippen LogP contribution >= 0.6 is 0 Å². The molecule has 6 nitrogen and oxygen atoms in total. The molecular formula is C58H46N2O4. The number of benzene rings is 10. The summed E-state index contributed by atoms with van der Waals surface area (Å²) >= 11 is 0. The Morgan fingerprint density at radius 3 is 0.734 bits per heavy atom. The van der Waals surface area contributed by atoms with Crippen LogP contribution in [-0.4, -0.2) is 23.6 Å². The van der Waals surface area contributed by atoms with Crippen molar-refractivity contribution in [2.75, 3.05) is 9.80 Å². The molecule has 0 bridgehead atoms. The van der Waals surface area contributed by atoms with Crippen molar-refractivity contribution in [1.29, 1.82) is 0 Å². The van der Waals surface area contributed by atoms with Crippen LogP contribution in [0.4, 0.5) is 11.4 Å². The lowest BCUT2D eigenvalue weighted by Crippen LogP contribution is -2.41. The van der Waals surface area contributed by atoms with E-state index in [9.17, 15) is 19.2 Å². The van der Waals surface area contributed by atoms with Gasteiger partial charge in [0.15, 0.2) is 0 Å². The van der Waals surface area contributed by atoms with Crippen LogP contribution in [0.5, 0.6) is 0 Å². The average Bonchev–Trinajstić information content (AvgIpc) is 3.24. The van der Waals surface area contributed by atoms with Crippen LogP contribution in [0.15, 0.2) is 97.1 Å². The quantitative estimate of drug-likeness (QED) is 0.0987. The van der Waals surface area contributed by atoms with Crippen molar-refractivity contribution >= 4 is 110 Å². The van der Waals surface area contributed by atoms with E-state index < -0.39 is 0 Å². The first-order valence-corrected chi connectivity index (χ1v) is 22.2. The van der Waals surface area contributed by atoms with E-state index in [2.05, 4.69) is 114 Å². The number of nitrogens with zero attached hydrogens (tertiary/aromatic N) is 2. The molecule has 12 rings (SSSR count). The highest BCUT2D eigenvalue weighted by atomic mass is 16.2. The summed E-state index contributed by atoms with van der Waals surface area (Å²) in [5, 5.41) is 13.5. The maximum atomic E-state index is 14.6. The van der Waals surface area contributed by atoms with Gasteiger partial charge in [0, 0.05) is 33.0 Å². The molecule has 0 aromatic heterocycles. The van der Waals surface area contributed by atoms with Gasteiger partial charge >= 0.3 is 0 Å². The van der Waals surface area contributed by atoms with Crippen molar-refractivity contribution in [2.45, 2.75) is 80.1 Å². The van der Waals surface area contributed by atoms with Gasteiger partial charge in [-0.25, -0.2) is 9.80 Å². The molecule has 312 valence electrons. The van der Waals surface area contributed by atoms with Crippen molar-refractivity contribution in [2.24, 2.45) is 0 Å². The van der Waals surface area contributed by atoms with Gasteiger partial charge in [-0.15, -0.1) is 0 Å². The Bertz CT molecular complexity index is 3410. The van der Waals surface area contributed by atoms with Crippen molar-refractivity contribution < 1.29 is 19.2 Å². The summed E-state index contributed by atoms with van der Waals surface area (Å²) < 4.78 is 0. The topological polar surface area (TPSA) is 74.8 Å². The summed E-state index contributed by atoms with van der Waals surface area (Å²) in [6, 6.07) is 32.8. The lowest BCUT2D eigenvalue weighted by atomic mass is 9.80.